The molecular formula is C17H29N3OS. The molecule has 0 saturated carbocycles. The summed E-state index contributed by atoms with van der Waals surface area (Å²) in [5.74, 6) is 1.33. The Balaban J connectivity index is 2.01. The molecule has 1 atom stereocenters. The van der Waals surface area contributed by atoms with E-state index in [0.717, 1.165) is 36.8 Å². The molecule has 0 bridgehead atoms. The molecular weight excluding hydrogens is 294 g/mol. The number of thioether (sulfide) groups is 1. The van der Waals surface area contributed by atoms with Gasteiger partial charge in [-0.1, -0.05) is 25.6 Å². The van der Waals surface area contributed by atoms with Gasteiger partial charge in [0, 0.05) is 24.8 Å². The van der Waals surface area contributed by atoms with Crippen LogP contribution in [0.2, 0.25) is 0 Å². The van der Waals surface area contributed by atoms with Crippen LogP contribution in [0.1, 0.15) is 51.4 Å². The van der Waals surface area contributed by atoms with Crippen LogP contribution in [0.5, 0.6) is 0 Å². The lowest BCUT2D eigenvalue weighted by Gasteiger charge is -2.33. The molecule has 1 amide bonds. The average Bonchev–Trinajstić information content (AvgIpc) is 2.72. The Labute approximate surface area is 138 Å². The number of hydrogen-bond acceptors (Lipinski definition) is 3. The van der Waals surface area contributed by atoms with Gasteiger partial charge in [0.2, 0.25) is 5.91 Å². The first kappa shape index (κ1) is 17.4. The van der Waals surface area contributed by atoms with Crippen LogP contribution >= 0.6 is 11.8 Å². The molecule has 1 saturated heterocycles. The normalized spacial score (nSPS) is 19.0. The lowest BCUT2D eigenvalue weighted by molar-refractivity contribution is -0.131. The lowest BCUT2D eigenvalue weighted by atomic mass is 10.0. The Kier molecular flexibility index (Phi) is 5.95. The van der Waals surface area contributed by atoms with E-state index in [0.29, 0.717) is 17.7 Å². The molecule has 124 valence electrons. The van der Waals surface area contributed by atoms with Gasteiger partial charge in [-0.05, 0) is 46.0 Å². The fourth-order valence-electron chi connectivity index (χ4n) is 2.99. The maximum Gasteiger partial charge on any atom is 0.233 e. The fraction of sp³-hybridized carbons (Fsp3) is 0.765. The molecule has 1 unspecified atom stereocenters. The van der Waals surface area contributed by atoms with Crippen molar-refractivity contribution in [3.05, 3.63) is 11.4 Å². The largest absolute Gasteiger partial charge is 0.339 e. The van der Waals surface area contributed by atoms with Crippen LogP contribution in [-0.2, 0) is 11.3 Å². The maximum absolute atomic E-state index is 12.5. The van der Waals surface area contributed by atoms with Crippen molar-refractivity contribution in [3.63, 3.8) is 0 Å². The molecule has 1 aliphatic rings. The fourth-order valence-corrected chi connectivity index (χ4v) is 3.98. The summed E-state index contributed by atoms with van der Waals surface area (Å²) in [6.45, 7) is 12.6. The van der Waals surface area contributed by atoms with E-state index in [1.807, 2.05) is 11.8 Å². The van der Waals surface area contributed by atoms with Gasteiger partial charge in [-0.15, -0.1) is 0 Å². The van der Waals surface area contributed by atoms with Gasteiger partial charge in [-0.25, -0.2) is 4.98 Å². The van der Waals surface area contributed by atoms with E-state index in [1.54, 1.807) is 11.8 Å². The predicted octanol–water partition coefficient (Wildman–Crippen LogP) is 3.65. The van der Waals surface area contributed by atoms with Gasteiger partial charge < -0.3 is 9.47 Å². The van der Waals surface area contributed by atoms with Crippen molar-refractivity contribution in [1.29, 1.82) is 0 Å². The first-order valence-corrected chi connectivity index (χ1v) is 9.34. The average molecular weight is 324 g/mol. The number of rotatable bonds is 5. The summed E-state index contributed by atoms with van der Waals surface area (Å²) in [7, 11) is 0. The summed E-state index contributed by atoms with van der Waals surface area (Å²) in [5, 5.41) is 0.988. The van der Waals surface area contributed by atoms with E-state index in [9.17, 15) is 4.79 Å². The number of nitrogens with zero attached hydrogens (tertiary/aromatic N) is 3. The van der Waals surface area contributed by atoms with Crippen molar-refractivity contribution in [2.75, 3.05) is 12.3 Å². The summed E-state index contributed by atoms with van der Waals surface area (Å²) in [4.78, 5) is 19.2. The Morgan fingerprint density at radius 3 is 2.73 bits per heavy atom. The summed E-state index contributed by atoms with van der Waals surface area (Å²) < 4.78 is 2.26. The van der Waals surface area contributed by atoms with E-state index < -0.39 is 0 Å². The van der Waals surface area contributed by atoms with Gasteiger partial charge in [0.1, 0.15) is 0 Å². The Bertz CT molecular complexity index is 524. The third kappa shape index (κ3) is 4.06. The second-order valence-electron chi connectivity index (χ2n) is 6.79. The monoisotopic (exact) mass is 323 g/mol. The second-order valence-corrected chi connectivity index (χ2v) is 7.73. The van der Waals surface area contributed by atoms with Crippen LogP contribution in [0.15, 0.2) is 5.16 Å². The zero-order valence-corrected chi connectivity index (χ0v) is 15.4. The van der Waals surface area contributed by atoms with E-state index in [-0.39, 0.29) is 5.91 Å². The minimum absolute atomic E-state index is 0.256. The standard InChI is InChI=1S/C17H29N3OS/c1-12(2)10-20-15(5)14(4)18-17(20)22-11-16(21)19-9-7-6-8-13(19)3/h12-13H,6-11H2,1-5H3. The van der Waals surface area contributed by atoms with Crippen molar-refractivity contribution in [3.8, 4) is 0 Å². The van der Waals surface area contributed by atoms with Crippen molar-refractivity contribution in [2.24, 2.45) is 5.92 Å². The highest BCUT2D eigenvalue weighted by atomic mass is 32.2. The van der Waals surface area contributed by atoms with Gasteiger partial charge in [0.25, 0.3) is 0 Å². The quantitative estimate of drug-likeness (QED) is 0.776. The summed E-state index contributed by atoms with van der Waals surface area (Å²) in [5.41, 5.74) is 2.29. The van der Waals surface area contributed by atoms with E-state index in [1.165, 1.54) is 12.1 Å². The minimum Gasteiger partial charge on any atom is -0.339 e. The van der Waals surface area contributed by atoms with Crippen LogP contribution in [0.25, 0.3) is 0 Å². The molecule has 0 aromatic carbocycles. The molecule has 2 heterocycles. The number of likely N-dealkylation sites (tertiary alicyclic amines) is 1. The van der Waals surface area contributed by atoms with E-state index >= 15 is 0 Å². The van der Waals surface area contributed by atoms with Crippen molar-refractivity contribution < 1.29 is 4.79 Å². The molecule has 1 aromatic rings. The molecule has 0 aliphatic carbocycles. The van der Waals surface area contributed by atoms with Crippen LogP contribution in [0.4, 0.5) is 0 Å². The first-order chi connectivity index (χ1) is 10.4. The molecule has 0 radical (unpaired) electrons. The predicted molar refractivity (Wildman–Crippen MR) is 92.3 cm³/mol. The van der Waals surface area contributed by atoms with Gasteiger partial charge in [-0.2, -0.15) is 0 Å². The number of carbonyl (C=O) groups is 1. The van der Waals surface area contributed by atoms with Crippen molar-refractivity contribution >= 4 is 17.7 Å². The summed E-state index contributed by atoms with van der Waals surface area (Å²) >= 11 is 1.59. The number of hydrogen-bond donors (Lipinski definition) is 0. The maximum atomic E-state index is 12.5. The summed E-state index contributed by atoms with van der Waals surface area (Å²) in [6, 6.07) is 0.390. The SMILES string of the molecule is Cc1nc(SCC(=O)N2CCCCC2C)n(CC(C)C)c1C. The number of aryl methyl sites for hydroxylation is 1. The highest BCUT2D eigenvalue weighted by Crippen LogP contribution is 2.24. The van der Waals surface area contributed by atoms with Gasteiger partial charge in [0.15, 0.2) is 5.16 Å². The molecule has 1 aliphatic heterocycles. The van der Waals surface area contributed by atoms with Gasteiger partial charge in [0.05, 0.1) is 11.4 Å². The zero-order valence-electron chi connectivity index (χ0n) is 14.6. The highest BCUT2D eigenvalue weighted by Gasteiger charge is 2.24. The van der Waals surface area contributed by atoms with Crippen LogP contribution in [0.3, 0.4) is 0 Å². The van der Waals surface area contributed by atoms with E-state index in [4.69, 9.17) is 0 Å². The molecule has 4 nitrogen and oxygen atoms in total. The van der Waals surface area contributed by atoms with Crippen molar-refractivity contribution in [2.45, 2.75) is 71.6 Å². The number of piperidine rings is 1. The van der Waals surface area contributed by atoms with Crippen LogP contribution in [0, 0.1) is 19.8 Å². The summed E-state index contributed by atoms with van der Waals surface area (Å²) in [6.07, 6.45) is 3.52. The number of aromatic nitrogens is 2. The van der Waals surface area contributed by atoms with Crippen LogP contribution < -0.4 is 0 Å². The molecule has 5 heteroatoms. The molecule has 0 N–H and O–H groups in total. The third-order valence-electron chi connectivity index (χ3n) is 4.42. The molecule has 1 aromatic heterocycles. The first-order valence-electron chi connectivity index (χ1n) is 8.36. The topological polar surface area (TPSA) is 38.1 Å². The molecule has 0 spiro atoms. The van der Waals surface area contributed by atoms with Crippen LogP contribution in [-0.4, -0.2) is 38.7 Å². The van der Waals surface area contributed by atoms with Gasteiger partial charge in [-0.3, -0.25) is 4.79 Å². The molecule has 1 fully saturated rings. The third-order valence-corrected chi connectivity index (χ3v) is 5.38. The number of carbonyl (C=O) groups excluding carboxylic acids is 1. The minimum atomic E-state index is 0.256. The Hall–Kier alpha value is -0.970. The van der Waals surface area contributed by atoms with Gasteiger partial charge >= 0.3 is 0 Å². The Morgan fingerprint density at radius 2 is 2.09 bits per heavy atom. The molecule has 22 heavy (non-hydrogen) atoms. The Morgan fingerprint density at radius 1 is 1.36 bits per heavy atom. The highest BCUT2D eigenvalue weighted by molar-refractivity contribution is 7.99. The zero-order chi connectivity index (χ0) is 16.3. The number of imidazole rings is 1. The van der Waals surface area contributed by atoms with E-state index in [2.05, 4.69) is 37.2 Å². The molecule has 2 rings (SSSR count). The van der Waals surface area contributed by atoms with Crippen molar-refractivity contribution in [1.82, 2.24) is 14.5 Å². The number of amides is 1. The second kappa shape index (κ2) is 7.53. The smallest absolute Gasteiger partial charge is 0.233 e. The lowest BCUT2D eigenvalue weighted by Crippen LogP contribution is -2.43.